The number of hydrogen-bond acceptors (Lipinski definition) is 1. The van der Waals surface area contributed by atoms with Crippen LogP contribution >= 0.6 is 0 Å². The average Bonchev–Trinajstić information content (AvgIpc) is 3.26. The highest BCUT2D eigenvalue weighted by Crippen LogP contribution is 2.42. The summed E-state index contributed by atoms with van der Waals surface area (Å²) in [6.45, 7) is 2.12. The maximum atomic E-state index is 5.13. The highest BCUT2D eigenvalue weighted by atomic mass is 14.8. The monoisotopic (exact) mass is 383 g/mol. The van der Waals surface area contributed by atoms with Crippen LogP contribution in [0.2, 0.25) is 0 Å². The second kappa shape index (κ2) is 6.67. The quantitative estimate of drug-likeness (QED) is 0.278. The Labute approximate surface area is 176 Å². The SMILES string of the molecule is Cc1ccc(-c2ccc(C3=Nc4c(c5ccccc5c5ccccc45)C3)cc2)cc1. The zero-order valence-corrected chi connectivity index (χ0v) is 16.9. The Balaban J connectivity index is 1.45. The summed E-state index contributed by atoms with van der Waals surface area (Å²) in [7, 11) is 0. The second-order valence-electron chi connectivity index (χ2n) is 8.10. The van der Waals surface area contributed by atoms with Crippen molar-refractivity contribution in [2.75, 3.05) is 0 Å². The van der Waals surface area contributed by atoms with Crippen molar-refractivity contribution in [2.24, 2.45) is 4.99 Å². The Kier molecular flexibility index (Phi) is 3.82. The fraction of sp³-hybridized carbons (Fsp3) is 0.0690. The molecule has 0 saturated heterocycles. The minimum atomic E-state index is 0.880. The Bertz CT molecular complexity index is 1440. The van der Waals surface area contributed by atoms with Crippen LogP contribution in [-0.2, 0) is 6.42 Å². The molecule has 0 atom stereocenters. The smallest absolute Gasteiger partial charge is 0.0754 e. The molecule has 0 bridgehead atoms. The molecule has 30 heavy (non-hydrogen) atoms. The van der Waals surface area contributed by atoms with Gasteiger partial charge in [0, 0.05) is 11.8 Å². The van der Waals surface area contributed by atoms with Crippen LogP contribution in [0, 0.1) is 6.92 Å². The van der Waals surface area contributed by atoms with Crippen LogP contribution < -0.4 is 0 Å². The van der Waals surface area contributed by atoms with Gasteiger partial charge in [-0.05, 0) is 45.3 Å². The third-order valence-electron chi connectivity index (χ3n) is 6.20. The molecule has 1 aliphatic heterocycles. The van der Waals surface area contributed by atoms with Gasteiger partial charge in [0.05, 0.1) is 11.4 Å². The summed E-state index contributed by atoms with van der Waals surface area (Å²) in [6.07, 6.45) is 0.880. The van der Waals surface area contributed by atoms with Gasteiger partial charge in [-0.3, -0.25) is 4.99 Å². The maximum absolute atomic E-state index is 5.13. The molecule has 1 nitrogen and oxygen atoms in total. The van der Waals surface area contributed by atoms with Crippen molar-refractivity contribution in [3.05, 3.63) is 114 Å². The first kappa shape index (κ1) is 17.2. The largest absolute Gasteiger partial charge is 0.252 e. The van der Waals surface area contributed by atoms with Crippen LogP contribution in [0.3, 0.4) is 0 Å². The lowest BCUT2D eigenvalue weighted by Gasteiger charge is -2.10. The molecule has 0 amide bonds. The summed E-state index contributed by atoms with van der Waals surface area (Å²) >= 11 is 0. The average molecular weight is 383 g/mol. The number of aliphatic imine (C=N–C) groups is 1. The fourth-order valence-electron chi connectivity index (χ4n) is 4.61. The molecule has 0 aromatic heterocycles. The molecular formula is C29H21N. The van der Waals surface area contributed by atoms with Gasteiger partial charge in [0.1, 0.15) is 0 Å². The molecule has 1 aliphatic rings. The van der Waals surface area contributed by atoms with Crippen molar-refractivity contribution < 1.29 is 0 Å². The third-order valence-corrected chi connectivity index (χ3v) is 6.20. The predicted octanol–water partition coefficient (Wildman–Crippen LogP) is 7.65. The van der Waals surface area contributed by atoms with Crippen molar-refractivity contribution in [1.82, 2.24) is 0 Å². The molecule has 0 N–H and O–H groups in total. The van der Waals surface area contributed by atoms with E-state index in [1.54, 1.807) is 0 Å². The predicted molar refractivity (Wildman–Crippen MR) is 128 cm³/mol. The Morgan fingerprint density at radius 1 is 0.533 bits per heavy atom. The van der Waals surface area contributed by atoms with Gasteiger partial charge in [0.2, 0.25) is 0 Å². The molecule has 0 fully saturated rings. The summed E-state index contributed by atoms with van der Waals surface area (Å²) in [5.74, 6) is 0. The van der Waals surface area contributed by atoms with E-state index in [4.69, 9.17) is 4.99 Å². The summed E-state index contributed by atoms with van der Waals surface area (Å²) in [6, 6.07) is 34.9. The van der Waals surface area contributed by atoms with Gasteiger partial charge in [-0.25, -0.2) is 0 Å². The minimum Gasteiger partial charge on any atom is -0.252 e. The van der Waals surface area contributed by atoms with E-state index in [-0.39, 0.29) is 0 Å². The Morgan fingerprint density at radius 3 is 1.70 bits per heavy atom. The molecule has 0 saturated carbocycles. The first-order valence-electron chi connectivity index (χ1n) is 10.5. The lowest BCUT2D eigenvalue weighted by atomic mass is 9.93. The zero-order chi connectivity index (χ0) is 20.1. The van der Waals surface area contributed by atoms with Gasteiger partial charge in [-0.2, -0.15) is 0 Å². The van der Waals surface area contributed by atoms with Crippen molar-refractivity contribution in [1.29, 1.82) is 0 Å². The van der Waals surface area contributed by atoms with Crippen molar-refractivity contribution in [2.45, 2.75) is 13.3 Å². The van der Waals surface area contributed by atoms with Gasteiger partial charge >= 0.3 is 0 Å². The number of benzene rings is 5. The highest BCUT2D eigenvalue weighted by Gasteiger charge is 2.21. The number of rotatable bonds is 2. The minimum absolute atomic E-state index is 0.880. The number of nitrogens with zero attached hydrogens (tertiary/aromatic N) is 1. The van der Waals surface area contributed by atoms with Gasteiger partial charge in [-0.1, -0.05) is 103 Å². The standard InChI is InChI=1S/C29H21N/c1-19-10-12-20(13-11-19)21-14-16-22(17-15-21)28-18-27-25-8-3-2-6-23(25)24-7-4-5-9-26(24)29(27)30-28/h2-17H,18H2,1H3. The molecule has 142 valence electrons. The molecular weight excluding hydrogens is 362 g/mol. The van der Waals surface area contributed by atoms with Gasteiger partial charge in [0.15, 0.2) is 0 Å². The Hall–Kier alpha value is -3.71. The van der Waals surface area contributed by atoms with Crippen molar-refractivity contribution in [3.63, 3.8) is 0 Å². The topological polar surface area (TPSA) is 12.4 Å². The molecule has 5 aromatic carbocycles. The molecule has 0 unspecified atom stereocenters. The van der Waals surface area contributed by atoms with Gasteiger partial charge in [0.25, 0.3) is 0 Å². The van der Waals surface area contributed by atoms with Crippen LogP contribution in [-0.4, -0.2) is 5.71 Å². The molecule has 5 aromatic rings. The van der Waals surface area contributed by atoms with Gasteiger partial charge < -0.3 is 0 Å². The van der Waals surface area contributed by atoms with Crippen molar-refractivity contribution in [3.8, 4) is 11.1 Å². The lowest BCUT2D eigenvalue weighted by molar-refractivity contribution is 1.43. The van der Waals surface area contributed by atoms with E-state index in [1.165, 1.54) is 49.4 Å². The molecule has 0 aliphatic carbocycles. The van der Waals surface area contributed by atoms with Crippen LogP contribution in [0.15, 0.2) is 102 Å². The first-order chi connectivity index (χ1) is 14.8. The van der Waals surface area contributed by atoms with E-state index in [9.17, 15) is 0 Å². The Morgan fingerprint density at radius 2 is 1.03 bits per heavy atom. The third kappa shape index (κ3) is 2.67. The highest BCUT2D eigenvalue weighted by molar-refractivity contribution is 6.20. The number of aryl methyl sites for hydroxylation is 1. The molecule has 6 rings (SSSR count). The molecule has 0 spiro atoms. The summed E-state index contributed by atoms with van der Waals surface area (Å²) in [4.78, 5) is 5.13. The molecule has 1 heterocycles. The second-order valence-corrected chi connectivity index (χ2v) is 8.10. The van der Waals surface area contributed by atoms with Crippen LogP contribution in [0.4, 0.5) is 5.69 Å². The summed E-state index contributed by atoms with van der Waals surface area (Å²) in [5.41, 5.74) is 8.63. The van der Waals surface area contributed by atoms with Gasteiger partial charge in [-0.15, -0.1) is 0 Å². The zero-order valence-electron chi connectivity index (χ0n) is 16.9. The van der Waals surface area contributed by atoms with E-state index in [2.05, 4.69) is 104 Å². The maximum Gasteiger partial charge on any atom is 0.0754 e. The normalized spacial score (nSPS) is 12.9. The van der Waals surface area contributed by atoms with Crippen LogP contribution in [0.5, 0.6) is 0 Å². The number of fused-ring (bicyclic) bond motifs is 6. The first-order valence-corrected chi connectivity index (χ1v) is 10.5. The number of hydrogen-bond donors (Lipinski definition) is 0. The van der Waals surface area contributed by atoms with E-state index in [1.807, 2.05) is 0 Å². The van der Waals surface area contributed by atoms with Crippen LogP contribution in [0.25, 0.3) is 32.7 Å². The van der Waals surface area contributed by atoms with E-state index < -0.39 is 0 Å². The molecule has 0 radical (unpaired) electrons. The molecule has 1 heteroatoms. The van der Waals surface area contributed by atoms with Crippen molar-refractivity contribution >= 4 is 32.9 Å². The van der Waals surface area contributed by atoms with E-state index in [0.29, 0.717) is 0 Å². The van der Waals surface area contributed by atoms with E-state index in [0.717, 1.165) is 17.8 Å². The lowest BCUT2D eigenvalue weighted by Crippen LogP contribution is -2.00. The fourth-order valence-corrected chi connectivity index (χ4v) is 4.61. The summed E-state index contributed by atoms with van der Waals surface area (Å²) < 4.78 is 0. The summed E-state index contributed by atoms with van der Waals surface area (Å²) in [5, 5.41) is 5.17. The van der Waals surface area contributed by atoms with Crippen LogP contribution in [0.1, 0.15) is 16.7 Å². The van der Waals surface area contributed by atoms with E-state index >= 15 is 0 Å².